The molecule has 0 spiro atoms. The highest BCUT2D eigenvalue weighted by Gasteiger charge is 2.19. The summed E-state index contributed by atoms with van der Waals surface area (Å²) in [4.78, 5) is 15.1. The van der Waals surface area contributed by atoms with Crippen molar-refractivity contribution in [1.29, 1.82) is 0 Å². The Balaban J connectivity index is 1.65. The third kappa shape index (κ3) is 2.84. The number of rotatable bonds is 3. The average molecular weight is 369 g/mol. The topological polar surface area (TPSA) is 54.0 Å². The fourth-order valence-corrected chi connectivity index (χ4v) is 3.95. The van der Waals surface area contributed by atoms with Crippen molar-refractivity contribution in [2.24, 2.45) is 0 Å². The average Bonchev–Trinajstić information content (AvgIpc) is 3.16. The molecule has 0 unspecified atom stereocenters. The quantitative estimate of drug-likeness (QED) is 0.591. The molecular formula is C23H21N4O. The monoisotopic (exact) mass is 369 g/mol. The third-order valence-electron chi connectivity index (χ3n) is 5.41. The number of aromatic amines is 1. The Morgan fingerprint density at radius 3 is 2.86 bits per heavy atom. The number of fused-ring (bicyclic) bond motifs is 2. The van der Waals surface area contributed by atoms with Crippen LogP contribution < -0.4 is 4.74 Å². The van der Waals surface area contributed by atoms with Crippen LogP contribution in [0.5, 0.6) is 5.75 Å². The predicted octanol–water partition coefficient (Wildman–Crippen LogP) is 4.09. The highest BCUT2D eigenvalue weighted by Crippen LogP contribution is 2.34. The van der Waals surface area contributed by atoms with Gasteiger partial charge < -0.3 is 14.6 Å². The molecule has 2 aromatic carbocycles. The van der Waals surface area contributed by atoms with E-state index >= 15 is 0 Å². The van der Waals surface area contributed by atoms with Gasteiger partial charge in [-0.15, -0.1) is 0 Å². The molecule has 0 saturated heterocycles. The maximum absolute atomic E-state index is 5.70. The van der Waals surface area contributed by atoms with Gasteiger partial charge in [0, 0.05) is 30.4 Å². The molecule has 0 atom stereocenters. The lowest BCUT2D eigenvalue weighted by molar-refractivity contribution is 0.306. The van der Waals surface area contributed by atoms with E-state index in [1.54, 1.807) is 7.11 Å². The van der Waals surface area contributed by atoms with Crippen molar-refractivity contribution in [1.82, 2.24) is 19.9 Å². The van der Waals surface area contributed by atoms with E-state index in [0.717, 1.165) is 58.8 Å². The maximum Gasteiger partial charge on any atom is 0.156 e. The summed E-state index contributed by atoms with van der Waals surface area (Å²) in [5, 5.41) is 0. The van der Waals surface area contributed by atoms with E-state index < -0.39 is 0 Å². The molecule has 4 aromatic rings. The molecule has 0 fully saturated rings. The number of hydrogen-bond donors (Lipinski definition) is 1. The molecule has 5 heteroatoms. The second kappa shape index (κ2) is 6.77. The van der Waals surface area contributed by atoms with Crippen molar-refractivity contribution in [2.45, 2.75) is 13.0 Å². The molecular weight excluding hydrogens is 348 g/mol. The van der Waals surface area contributed by atoms with E-state index in [1.165, 1.54) is 11.1 Å². The summed E-state index contributed by atoms with van der Waals surface area (Å²) in [6.07, 6.45) is 4.80. The van der Waals surface area contributed by atoms with Gasteiger partial charge in [-0.05, 0) is 48.4 Å². The van der Waals surface area contributed by atoms with Crippen molar-refractivity contribution >= 4 is 11.2 Å². The maximum atomic E-state index is 5.70. The number of likely N-dealkylation sites (N-methyl/N-ethyl adjacent to an activating group) is 1. The lowest BCUT2D eigenvalue weighted by atomic mass is 9.95. The lowest BCUT2D eigenvalue weighted by Crippen LogP contribution is -2.26. The zero-order valence-corrected chi connectivity index (χ0v) is 16.0. The number of H-pyrrole nitrogens is 1. The number of ether oxygens (including phenoxy) is 1. The van der Waals surface area contributed by atoms with Gasteiger partial charge in [-0.3, -0.25) is 0 Å². The standard InChI is InChI=1S/C23H21N4O/c1-27-9-8-18-17(14-27)10-16(11-21(18)28-2)20-13-25-23-22(26-20)19(12-24-23)15-6-4-3-5-7-15/h4-7,10-13H,8-9,14H2,1-2H3,(H,24,25). The van der Waals surface area contributed by atoms with Crippen molar-refractivity contribution in [3.05, 3.63) is 66.0 Å². The van der Waals surface area contributed by atoms with Crippen LogP contribution in [0.3, 0.4) is 0 Å². The van der Waals surface area contributed by atoms with Crippen LogP contribution >= 0.6 is 0 Å². The molecule has 2 aromatic heterocycles. The molecule has 0 saturated carbocycles. The van der Waals surface area contributed by atoms with Crippen LogP contribution in [-0.4, -0.2) is 40.6 Å². The molecule has 139 valence electrons. The summed E-state index contributed by atoms with van der Waals surface area (Å²) in [5.74, 6) is 0.940. The summed E-state index contributed by atoms with van der Waals surface area (Å²) >= 11 is 0. The molecule has 0 bridgehead atoms. The highest BCUT2D eigenvalue weighted by atomic mass is 16.5. The van der Waals surface area contributed by atoms with Gasteiger partial charge in [-0.25, -0.2) is 9.97 Å². The molecule has 0 aliphatic carbocycles. The van der Waals surface area contributed by atoms with Gasteiger partial charge >= 0.3 is 0 Å². The van der Waals surface area contributed by atoms with Gasteiger partial charge in [0.2, 0.25) is 0 Å². The summed E-state index contributed by atoms with van der Waals surface area (Å²) in [7, 11) is 3.89. The number of methoxy groups -OCH3 is 1. The predicted molar refractivity (Wildman–Crippen MR) is 110 cm³/mol. The third-order valence-corrected chi connectivity index (χ3v) is 5.41. The van der Waals surface area contributed by atoms with E-state index in [0.29, 0.717) is 0 Å². The van der Waals surface area contributed by atoms with E-state index in [9.17, 15) is 0 Å². The van der Waals surface area contributed by atoms with E-state index in [2.05, 4.69) is 40.1 Å². The Morgan fingerprint density at radius 1 is 1.18 bits per heavy atom. The van der Waals surface area contributed by atoms with Crippen LogP contribution in [0, 0.1) is 6.07 Å². The fraction of sp³-hybridized carbons (Fsp3) is 0.217. The van der Waals surface area contributed by atoms with Gasteiger partial charge in [-0.2, -0.15) is 0 Å². The van der Waals surface area contributed by atoms with Gasteiger partial charge in [-0.1, -0.05) is 24.3 Å². The van der Waals surface area contributed by atoms with E-state index in [1.807, 2.05) is 36.7 Å². The molecule has 28 heavy (non-hydrogen) atoms. The summed E-state index contributed by atoms with van der Waals surface area (Å²) in [6.45, 7) is 1.97. The molecule has 1 radical (unpaired) electrons. The second-order valence-electron chi connectivity index (χ2n) is 7.25. The molecule has 3 heterocycles. The van der Waals surface area contributed by atoms with Crippen molar-refractivity contribution in [2.75, 3.05) is 20.7 Å². The Bertz CT molecular complexity index is 1150. The molecule has 1 aliphatic heterocycles. The number of nitrogens with zero attached hydrogens (tertiary/aromatic N) is 3. The van der Waals surface area contributed by atoms with Crippen LogP contribution in [0.15, 0.2) is 48.8 Å². The SMILES string of the molecule is COc1cc(-c2cnc3[nH]cc(-c4cc[c]cc4)c3n2)cc2c1CCN(C)C2. The molecule has 0 amide bonds. The van der Waals surface area contributed by atoms with Crippen LogP contribution in [0.4, 0.5) is 0 Å². The molecule has 1 aliphatic rings. The highest BCUT2D eigenvalue weighted by molar-refractivity contribution is 5.91. The first-order chi connectivity index (χ1) is 13.7. The van der Waals surface area contributed by atoms with Gasteiger partial charge in [0.25, 0.3) is 0 Å². The van der Waals surface area contributed by atoms with E-state index in [-0.39, 0.29) is 0 Å². The summed E-state index contributed by atoms with van der Waals surface area (Å²) in [6, 6.07) is 15.3. The first-order valence-corrected chi connectivity index (χ1v) is 9.42. The largest absolute Gasteiger partial charge is 0.496 e. The lowest BCUT2D eigenvalue weighted by Gasteiger charge is -2.27. The number of nitrogens with one attached hydrogen (secondary N) is 1. The fourth-order valence-electron chi connectivity index (χ4n) is 3.95. The van der Waals surface area contributed by atoms with Crippen molar-refractivity contribution in [3.63, 3.8) is 0 Å². The second-order valence-corrected chi connectivity index (χ2v) is 7.25. The minimum Gasteiger partial charge on any atom is -0.496 e. The Labute approximate surface area is 164 Å². The molecule has 5 nitrogen and oxygen atoms in total. The van der Waals surface area contributed by atoms with E-state index in [4.69, 9.17) is 9.72 Å². The van der Waals surface area contributed by atoms with Crippen LogP contribution in [-0.2, 0) is 13.0 Å². The molecule has 5 rings (SSSR count). The Kier molecular flexibility index (Phi) is 4.10. The Hall–Kier alpha value is -3.18. The molecule has 1 N–H and O–H groups in total. The van der Waals surface area contributed by atoms with Gasteiger partial charge in [0.05, 0.1) is 19.0 Å². The Morgan fingerprint density at radius 2 is 2.04 bits per heavy atom. The van der Waals surface area contributed by atoms with Crippen molar-refractivity contribution in [3.8, 4) is 28.1 Å². The summed E-state index contributed by atoms with van der Waals surface area (Å²) < 4.78 is 5.70. The zero-order chi connectivity index (χ0) is 19.1. The van der Waals surface area contributed by atoms with Crippen molar-refractivity contribution < 1.29 is 4.74 Å². The normalized spacial score (nSPS) is 14.2. The smallest absolute Gasteiger partial charge is 0.156 e. The number of hydrogen-bond acceptors (Lipinski definition) is 4. The number of aromatic nitrogens is 3. The van der Waals surface area contributed by atoms with Crippen LogP contribution in [0.25, 0.3) is 33.5 Å². The minimum absolute atomic E-state index is 0.788. The van der Waals surface area contributed by atoms with Crippen LogP contribution in [0.1, 0.15) is 11.1 Å². The zero-order valence-electron chi connectivity index (χ0n) is 16.0. The first-order valence-electron chi connectivity index (χ1n) is 9.42. The van der Waals surface area contributed by atoms with Crippen LogP contribution in [0.2, 0.25) is 0 Å². The first kappa shape index (κ1) is 17.0. The van der Waals surface area contributed by atoms with Gasteiger partial charge in [0.15, 0.2) is 5.65 Å². The minimum atomic E-state index is 0.788. The summed E-state index contributed by atoms with van der Waals surface area (Å²) in [5.41, 5.74) is 8.30. The number of benzene rings is 2. The van der Waals surface area contributed by atoms with Gasteiger partial charge in [0.1, 0.15) is 11.3 Å².